The third-order valence-corrected chi connectivity index (χ3v) is 3.01. The molecule has 0 heterocycles. The predicted molar refractivity (Wildman–Crippen MR) is 47.1 cm³/mol. The van der Waals surface area contributed by atoms with Gasteiger partial charge in [0.25, 0.3) is 0 Å². The van der Waals surface area contributed by atoms with Crippen molar-refractivity contribution in [2.24, 2.45) is 11.3 Å². The monoisotopic (exact) mass is 171 g/mol. The first-order chi connectivity index (χ1) is 5.46. The quantitative estimate of drug-likeness (QED) is 0.518. The summed E-state index contributed by atoms with van der Waals surface area (Å²) < 4.78 is 0. The Morgan fingerprint density at radius 2 is 2.08 bits per heavy atom. The molecular weight excluding hydrogens is 154 g/mol. The third kappa shape index (κ3) is 1.52. The predicted octanol–water partition coefficient (Wildman–Crippen LogP) is 1.14. The minimum atomic E-state index is -1.28. The maximum Gasteiger partial charge on any atom is 0.155 e. The SMILES string of the molecule is CC1(C)C(=N)CCCC1C(O)O. The molecule has 1 atom stereocenters. The van der Waals surface area contributed by atoms with Gasteiger partial charge in [0.1, 0.15) is 0 Å². The van der Waals surface area contributed by atoms with E-state index in [2.05, 4.69) is 0 Å². The van der Waals surface area contributed by atoms with Crippen LogP contribution < -0.4 is 0 Å². The number of aliphatic hydroxyl groups excluding tert-OH is 1. The molecule has 0 aromatic rings. The Kier molecular flexibility index (Phi) is 2.54. The summed E-state index contributed by atoms with van der Waals surface area (Å²) >= 11 is 0. The van der Waals surface area contributed by atoms with Crippen molar-refractivity contribution >= 4 is 5.71 Å². The van der Waals surface area contributed by atoms with Crippen LogP contribution in [0.5, 0.6) is 0 Å². The molecular formula is C9H17NO2. The Morgan fingerprint density at radius 3 is 2.50 bits per heavy atom. The largest absolute Gasteiger partial charge is 0.368 e. The zero-order valence-corrected chi connectivity index (χ0v) is 7.67. The van der Waals surface area contributed by atoms with Gasteiger partial charge >= 0.3 is 0 Å². The smallest absolute Gasteiger partial charge is 0.155 e. The zero-order chi connectivity index (χ0) is 9.35. The van der Waals surface area contributed by atoms with Gasteiger partial charge in [-0.2, -0.15) is 0 Å². The molecule has 70 valence electrons. The molecule has 3 heteroatoms. The van der Waals surface area contributed by atoms with E-state index in [0.717, 1.165) is 19.3 Å². The van der Waals surface area contributed by atoms with Crippen molar-refractivity contribution in [2.45, 2.75) is 39.4 Å². The van der Waals surface area contributed by atoms with Crippen molar-refractivity contribution in [3.63, 3.8) is 0 Å². The summed E-state index contributed by atoms with van der Waals surface area (Å²) in [5.74, 6) is -0.168. The maximum atomic E-state index is 9.09. The topological polar surface area (TPSA) is 64.3 Å². The minimum Gasteiger partial charge on any atom is -0.368 e. The third-order valence-electron chi connectivity index (χ3n) is 3.01. The lowest BCUT2D eigenvalue weighted by Crippen LogP contribution is -2.42. The van der Waals surface area contributed by atoms with Gasteiger partial charge in [0, 0.05) is 17.0 Å². The van der Waals surface area contributed by atoms with E-state index in [0.29, 0.717) is 5.71 Å². The van der Waals surface area contributed by atoms with Gasteiger partial charge in [-0.1, -0.05) is 13.8 Å². The number of nitrogens with one attached hydrogen (secondary N) is 1. The summed E-state index contributed by atoms with van der Waals surface area (Å²) in [5, 5.41) is 25.9. The van der Waals surface area contributed by atoms with E-state index >= 15 is 0 Å². The molecule has 3 nitrogen and oxygen atoms in total. The van der Waals surface area contributed by atoms with Crippen LogP contribution in [-0.2, 0) is 0 Å². The molecule has 0 aromatic heterocycles. The van der Waals surface area contributed by atoms with Gasteiger partial charge in [0.2, 0.25) is 0 Å². The van der Waals surface area contributed by atoms with Gasteiger partial charge in [0.15, 0.2) is 6.29 Å². The summed E-state index contributed by atoms with van der Waals surface area (Å²) in [6.45, 7) is 3.83. The van der Waals surface area contributed by atoms with Crippen molar-refractivity contribution in [1.82, 2.24) is 0 Å². The van der Waals surface area contributed by atoms with E-state index < -0.39 is 6.29 Å². The normalized spacial score (nSPS) is 29.4. The summed E-state index contributed by atoms with van der Waals surface area (Å²) in [4.78, 5) is 0. The lowest BCUT2D eigenvalue weighted by molar-refractivity contribution is -0.111. The molecule has 1 aliphatic carbocycles. The van der Waals surface area contributed by atoms with Crippen molar-refractivity contribution in [3.05, 3.63) is 0 Å². The molecule has 12 heavy (non-hydrogen) atoms. The minimum absolute atomic E-state index is 0.168. The first-order valence-electron chi connectivity index (χ1n) is 4.40. The van der Waals surface area contributed by atoms with E-state index in [1.807, 2.05) is 13.8 Å². The number of hydrogen-bond acceptors (Lipinski definition) is 3. The number of rotatable bonds is 1. The fourth-order valence-corrected chi connectivity index (χ4v) is 1.93. The highest BCUT2D eigenvalue weighted by Crippen LogP contribution is 2.39. The summed E-state index contributed by atoms with van der Waals surface area (Å²) in [6.07, 6.45) is 1.24. The molecule has 1 rings (SSSR count). The van der Waals surface area contributed by atoms with Crippen LogP contribution in [-0.4, -0.2) is 22.2 Å². The second-order valence-electron chi connectivity index (χ2n) is 4.11. The van der Waals surface area contributed by atoms with Crippen LogP contribution in [0.25, 0.3) is 0 Å². The van der Waals surface area contributed by atoms with E-state index in [4.69, 9.17) is 15.6 Å². The Bertz CT molecular complexity index is 187. The average molecular weight is 171 g/mol. The first-order valence-corrected chi connectivity index (χ1v) is 4.40. The van der Waals surface area contributed by atoms with Crippen LogP contribution in [0.15, 0.2) is 0 Å². The lowest BCUT2D eigenvalue weighted by atomic mass is 9.67. The molecule has 0 saturated heterocycles. The summed E-state index contributed by atoms with van der Waals surface area (Å²) in [7, 11) is 0. The second-order valence-corrected chi connectivity index (χ2v) is 4.11. The number of aliphatic hydroxyl groups is 2. The molecule has 0 aliphatic heterocycles. The van der Waals surface area contributed by atoms with E-state index in [1.54, 1.807) is 0 Å². The highest BCUT2D eigenvalue weighted by molar-refractivity contribution is 5.87. The van der Waals surface area contributed by atoms with Crippen molar-refractivity contribution in [3.8, 4) is 0 Å². The summed E-state index contributed by atoms with van der Waals surface area (Å²) in [6, 6.07) is 0. The molecule has 1 fully saturated rings. The Hall–Kier alpha value is -0.410. The average Bonchev–Trinajstić information content (AvgIpc) is 1.94. The standard InChI is InChI=1S/C9H17NO2/c1-9(2)6(8(11)12)4-3-5-7(9)10/h6,8,10-12H,3-5H2,1-2H3. The van der Waals surface area contributed by atoms with E-state index in [9.17, 15) is 0 Å². The van der Waals surface area contributed by atoms with Gasteiger partial charge in [0.05, 0.1) is 0 Å². The van der Waals surface area contributed by atoms with Gasteiger partial charge < -0.3 is 15.6 Å². The van der Waals surface area contributed by atoms with Gasteiger partial charge in [-0.15, -0.1) is 0 Å². The molecule has 0 aromatic carbocycles. The van der Waals surface area contributed by atoms with Crippen molar-refractivity contribution in [1.29, 1.82) is 5.41 Å². The van der Waals surface area contributed by atoms with Crippen molar-refractivity contribution in [2.75, 3.05) is 0 Å². The number of hydrogen-bond donors (Lipinski definition) is 3. The van der Waals surface area contributed by atoms with E-state index in [-0.39, 0.29) is 11.3 Å². The van der Waals surface area contributed by atoms with Crippen LogP contribution in [0.3, 0.4) is 0 Å². The maximum absolute atomic E-state index is 9.09. The highest BCUT2D eigenvalue weighted by atomic mass is 16.5. The molecule has 0 spiro atoms. The molecule has 1 saturated carbocycles. The fourth-order valence-electron chi connectivity index (χ4n) is 1.93. The van der Waals surface area contributed by atoms with E-state index in [1.165, 1.54) is 0 Å². The molecule has 0 amide bonds. The van der Waals surface area contributed by atoms with Crippen LogP contribution >= 0.6 is 0 Å². The zero-order valence-electron chi connectivity index (χ0n) is 7.67. The highest BCUT2D eigenvalue weighted by Gasteiger charge is 2.39. The Balaban J connectivity index is 2.79. The Morgan fingerprint density at radius 1 is 1.50 bits per heavy atom. The molecule has 3 N–H and O–H groups in total. The fraction of sp³-hybridized carbons (Fsp3) is 0.889. The summed E-state index contributed by atoms with van der Waals surface area (Å²) in [5.41, 5.74) is 0.304. The van der Waals surface area contributed by atoms with Crippen molar-refractivity contribution < 1.29 is 10.2 Å². The van der Waals surface area contributed by atoms with Gasteiger partial charge in [-0.25, -0.2) is 0 Å². The molecule has 0 radical (unpaired) electrons. The van der Waals surface area contributed by atoms with Gasteiger partial charge in [-0.05, 0) is 19.3 Å². The van der Waals surface area contributed by atoms with Crippen LogP contribution in [0.4, 0.5) is 0 Å². The van der Waals surface area contributed by atoms with Crippen LogP contribution in [0, 0.1) is 16.7 Å². The molecule has 0 bridgehead atoms. The lowest BCUT2D eigenvalue weighted by Gasteiger charge is -2.39. The molecule has 1 unspecified atom stereocenters. The Labute approximate surface area is 72.9 Å². The van der Waals surface area contributed by atoms with Crippen LogP contribution in [0.2, 0.25) is 0 Å². The second kappa shape index (κ2) is 3.15. The first kappa shape index (κ1) is 9.68. The molecule has 1 aliphatic rings. The van der Waals surface area contributed by atoms with Gasteiger partial charge in [-0.3, -0.25) is 0 Å². The van der Waals surface area contributed by atoms with Crippen LogP contribution in [0.1, 0.15) is 33.1 Å².